The first kappa shape index (κ1) is 13.2. The molecule has 0 saturated heterocycles. The summed E-state index contributed by atoms with van der Waals surface area (Å²) in [6.45, 7) is 6.38. The summed E-state index contributed by atoms with van der Waals surface area (Å²) in [5.41, 5.74) is 3.86. The summed E-state index contributed by atoms with van der Waals surface area (Å²) in [6.07, 6.45) is 0.959. The van der Waals surface area contributed by atoms with Gasteiger partial charge in [-0.05, 0) is 38.9 Å². The van der Waals surface area contributed by atoms with Crippen LogP contribution in [-0.4, -0.2) is 12.0 Å². The minimum atomic E-state index is 0.344. The first-order chi connectivity index (χ1) is 8.61. The number of thiazole rings is 1. The van der Waals surface area contributed by atoms with Crippen LogP contribution in [-0.2, 0) is 6.42 Å². The Balaban J connectivity index is 2.22. The molecule has 1 atom stereocenters. The predicted octanol–water partition coefficient (Wildman–Crippen LogP) is 3.57. The molecule has 96 valence electrons. The molecule has 1 unspecified atom stereocenters. The number of aryl methyl sites for hydroxylation is 3. The summed E-state index contributed by atoms with van der Waals surface area (Å²) in [5, 5.41) is 4.62. The lowest BCUT2D eigenvalue weighted by Gasteiger charge is -2.17. The van der Waals surface area contributed by atoms with Gasteiger partial charge >= 0.3 is 0 Å². The van der Waals surface area contributed by atoms with Crippen LogP contribution in [0.2, 0.25) is 0 Å². The monoisotopic (exact) mass is 260 g/mol. The van der Waals surface area contributed by atoms with E-state index in [0.29, 0.717) is 6.04 Å². The highest BCUT2D eigenvalue weighted by Crippen LogP contribution is 2.25. The van der Waals surface area contributed by atoms with Gasteiger partial charge in [0.15, 0.2) is 0 Å². The van der Waals surface area contributed by atoms with Crippen molar-refractivity contribution in [3.05, 3.63) is 51.0 Å². The van der Waals surface area contributed by atoms with Gasteiger partial charge in [-0.15, -0.1) is 11.3 Å². The number of nitrogens with zero attached hydrogens (tertiary/aromatic N) is 1. The van der Waals surface area contributed by atoms with E-state index in [1.54, 1.807) is 0 Å². The van der Waals surface area contributed by atoms with Crippen molar-refractivity contribution in [2.75, 3.05) is 7.05 Å². The Hall–Kier alpha value is -1.19. The summed E-state index contributed by atoms with van der Waals surface area (Å²) in [5.74, 6) is 0. The average Bonchev–Trinajstić information content (AvgIpc) is 2.66. The van der Waals surface area contributed by atoms with Crippen molar-refractivity contribution in [3.8, 4) is 0 Å². The van der Waals surface area contributed by atoms with Crippen LogP contribution < -0.4 is 5.32 Å². The van der Waals surface area contributed by atoms with Gasteiger partial charge in [0.05, 0.1) is 10.7 Å². The highest BCUT2D eigenvalue weighted by molar-refractivity contribution is 7.11. The molecular weight excluding hydrogens is 240 g/mol. The standard InChI is InChI=1S/C15H20N2S/c1-10-7-5-6-8-13(10)14(16-4)9-15-17-11(2)12(3)18-15/h5-8,14,16H,9H2,1-4H3. The van der Waals surface area contributed by atoms with Gasteiger partial charge in [0.2, 0.25) is 0 Å². The SMILES string of the molecule is CNC(Cc1nc(C)c(C)s1)c1ccccc1C. The van der Waals surface area contributed by atoms with Crippen LogP contribution in [0, 0.1) is 20.8 Å². The number of benzene rings is 1. The number of aromatic nitrogens is 1. The molecule has 3 heteroatoms. The Labute approximate surface area is 113 Å². The summed E-state index contributed by atoms with van der Waals surface area (Å²) in [4.78, 5) is 5.96. The fraction of sp³-hybridized carbons (Fsp3) is 0.400. The zero-order valence-electron chi connectivity index (χ0n) is 11.4. The van der Waals surface area contributed by atoms with Crippen molar-refractivity contribution in [1.29, 1.82) is 0 Å². The van der Waals surface area contributed by atoms with Crippen LogP contribution >= 0.6 is 11.3 Å². The minimum Gasteiger partial charge on any atom is -0.313 e. The maximum Gasteiger partial charge on any atom is 0.0949 e. The second-order valence-corrected chi connectivity index (χ2v) is 5.94. The van der Waals surface area contributed by atoms with E-state index in [2.05, 4.69) is 55.3 Å². The third-order valence-electron chi connectivity index (χ3n) is 3.36. The highest BCUT2D eigenvalue weighted by atomic mass is 32.1. The largest absolute Gasteiger partial charge is 0.313 e. The smallest absolute Gasteiger partial charge is 0.0949 e. The lowest BCUT2D eigenvalue weighted by Crippen LogP contribution is -2.19. The summed E-state index contributed by atoms with van der Waals surface area (Å²) >= 11 is 1.81. The van der Waals surface area contributed by atoms with Crippen molar-refractivity contribution in [1.82, 2.24) is 10.3 Å². The third kappa shape index (κ3) is 2.79. The molecule has 2 rings (SSSR count). The van der Waals surface area contributed by atoms with E-state index >= 15 is 0 Å². The van der Waals surface area contributed by atoms with E-state index < -0.39 is 0 Å². The molecular formula is C15H20N2S. The lowest BCUT2D eigenvalue weighted by atomic mass is 9.99. The van der Waals surface area contributed by atoms with E-state index in [9.17, 15) is 0 Å². The molecule has 0 amide bonds. The van der Waals surface area contributed by atoms with Gasteiger partial charge in [0, 0.05) is 17.3 Å². The molecule has 0 radical (unpaired) electrons. The molecule has 18 heavy (non-hydrogen) atoms. The number of nitrogens with one attached hydrogen (secondary N) is 1. The zero-order valence-corrected chi connectivity index (χ0v) is 12.3. The van der Waals surface area contributed by atoms with Gasteiger partial charge in [-0.1, -0.05) is 24.3 Å². The summed E-state index contributed by atoms with van der Waals surface area (Å²) in [7, 11) is 2.02. The Morgan fingerprint density at radius 2 is 1.94 bits per heavy atom. The van der Waals surface area contributed by atoms with Gasteiger partial charge in [0.1, 0.15) is 0 Å². The van der Waals surface area contributed by atoms with Crippen molar-refractivity contribution >= 4 is 11.3 Å². The van der Waals surface area contributed by atoms with Crippen LogP contribution in [0.3, 0.4) is 0 Å². The van der Waals surface area contributed by atoms with Crippen molar-refractivity contribution < 1.29 is 0 Å². The lowest BCUT2D eigenvalue weighted by molar-refractivity contribution is 0.587. The molecule has 0 fully saturated rings. The first-order valence-corrected chi connectivity index (χ1v) is 7.09. The fourth-order valence-corrected chi connectivity index (χ4v) is 3.13. The van der Waals surface area contributed by atoms with E-state index in [0.717, 1.165) is 12.1 Å². The molecule has 0 spiro atoms. The molecule has 1 aromatic heterocycles. The quantitative estimate of drug-likeness (QED) is 0.909. The fourth-order valence-electron chi connectivity index (χ4n) is 2.15. The number of hydrogen-bond donors (Lipinski definition) is 1. The Bertz CT molecular complexity index is 512. The van der Waals surface area contributed by atoms with Crippen LogP contribution in [0.5, 0.6) is 0 Å². The van der Waals surface area contributed by atoms with Gasteiger partial charge in [0.25, 0.3) is 0 Å². The van der Waals surface area contributed by atoms with E-state index in [-0.39, 0.29) is 0 Å². The topological polar surface area (TPSA) is 24.9 Å². The number of likely N-dealkylation sites (N-methyl/N-ethyl adjacent to an activating group) is 1. The van der Waals surface area contributed by atoms with Crippen LogP contribution in [0.1, 0.15) is 32.7 Å². The second-order valence-electron chi connectivity index (χ2n) is 4.65. The Kier molecular flexibility index (Phi) is 4.15. The normalized spacial score (nSPS) is 12.7. The number of hydrogen-bond acceptors (Lipinski definition) is 3. The van der Waals surface area contributed by atoms with Crippen molar-refractivity contribution in [2.45, 2.75) is 33.2 Å². The van der Waals surface area contributed by atoms with Gasteiger partial charge in [-0.2, -0.15) is 0 Å². The summed E-state index contributed by atoms with van der Waals surface area (Å²) < 4.78 is 0. The van der Waals surface area contributed by atoms with Crippen molar-refractivity contribution in [3.63, 3.8) is 0 Å². The molecule has 2 nitrogen and oxygen atoms in total. The molecule has 0 aliphatic heterocycles. The maximum absolute atomic E-state index is 4.63. The van der Waals surface area contributed by atoms with Crippen LogP contribution in [0.4, 0.5) is 0 Å². The minimum absolute atomic E-state index is 0.344. The predicted molar refractivity (Wildman–Crippen MR) is 78.3 cm³/mol. The van der Waals surface area contributed by atoms with E-state index in [4.69, 9.17) is 0 Å². The molecule has 0 aliphatic carbocycles. The molecule has 1 heterocycles. The number of rotatable bonds is 4. The molecule has 0 aliphatic rings. The maximum atomic E-state index is 4.63. The van der Waals surface area contributed by atoms with E-state index in [1.165, 1.54) is 21.0 Å². The molecule has 2 aromatic rings. The van der Waals surface area contributed by atoms with Crippen LogP contribution in [0.15, 0.2) is 24.3 Å². The van der Waals surface area contributed by atoms with Crippen LogP contribution in [0.25, 0.3) is 0 Å². The molecule has 1 N–H and O–H groups in total. The van der Waals surface area contributed by atoms with E-state index in [1.807, 2.05) is 18.4 Å². The van der Waals surface area contributed by atoms with Gasteiger partial charge in [-0.25, -0.2) is 4.98 Å². The first-order valence-electron chi connectivity index (χ1n) is 6.27. The van der Waals surface area contributed by atoms with Gasteiger partial charge < -0.3 is 5.32 Å². The zero-order chi connectivity index (χ0) is 13.1. The second kappa shape index (κ2) is 5.63. The molecule has 1 aromatic carbocycles. The molecule has 0 bridgehead atoms. The molecule has 0 saturated carbocycles. The third-order valence-corrected chi connectivity index (χ3v) is 4.46. The van der Waals surface area contributed by atoms with Gasteiger partial charge in [-0.3, -0.25) is 0 Å². The summed E-state index contributed by atoms with van der Waals surface area (Å²) in [6, 6.07) is 8.90. The Morgan fingerprint density at radius 3 is 2.50 bits per heavy atom. The Morgan fingerprint density at radius 1 is 1.22 bits per heavy atom. The highest BCUT2D eigenvalue weighted by Gasteiger charge is 2.14. The average molecular weight is 260 g/mol. The van der Waals surface area contributed by atoms with Crippen molar-refractivity contribution in [2.24, 2.45) is 0 Å².